The molecule has 0 aromatic carbocycles. The van der Waals surface area contributed by atoms with Gasteiger partial charge in [0.05, 0.1) is 10.7 Å². The van der Waals surface area contributed by atoms with Crippen molar-refractivity contribution in [3.05, 3.63) is 27.4 Å². The molecule has 1 N–H and O–H groups in total. The Kier molecular flexibility index (Phi) is 4.51. The molecule has 1 rings (SSSR count). The van der Waals surface area contributed by atoms with Crippen molar-refractivity contribution in [2.24, 2.45) is 0 Å². The number of aromatic nitrogens is 1. The van der Waals surface area contributed by atoms with Crippen LogP contribution >= 0.6 is 23.4 Å². The van der Waals surface area contributed by atoms with E-state index in [0.29, 0.717) is 0 Å². The molecule has 16 heavy (non-hydrogen) atoms. The Morgan fingerprint density at radius 2 is 2.38 bits per heavy atom. The Labute approximate surface area is 101 Å². The van der Waals surface area contributed by atoms with Gasteiger partial charge in [-0.2, -0.15) is 11.8 Å². The van der Waals surface area contributed by atoms with Gasteiger partial charge < -0.3 is 5.32 Å². The maximum absolute atomic E-state index is 11.3. The lowest BCUT2D eigenvalue weighted by Gasteiger charge is -2.04. The first-order valence-corrected chi connectivity index (χ1v) is 5.91. The molecular weight excluding hydrogens is 254 g/mol. The molecule has 0 fully saturated rings. The highest BCUT2D eigenvalue weighted by atomic mass is 35.5. The Morgan fingerprint density at radius 1 is 1.69 bits per heavy atom. The van der Waals surface area contributed by atoms with Crippen molar-refractivity contribution in [2.45, 2.75) is 0 Å². The summed E-state index contributed by atoms with van der Waals surface area (Å²) in [5.74, 6) is -0.285. The zero-order chi connectivity index (χ0) is 12.1. The predicted molar refractivity (Wildman–Crippen MR) is 62.9 cm³/mol. The zero-order valence-corrected chi connectivity index (χ0v) is 9.84. The Morgan fingerprint density at radius 3 is 2.94 bits per heavy atom. The molecule has 1 aromatic rings. The molecule has 1 amide bonds. The summed E-state index contributed by atoms with van der Waals surface area (Å²) in [4.78, 5) is 25.0. The zero-order valence-electron chi connectivity index (χ0n) is 8.27. The molecule has 1 heterocycles. The van der Waals surface area contributed by atoms with Gasteiger partial charge in [0, 0.05) is 6.07 Å². The molecular formula is C8H8ClN3O3S. The van der Waals surface area contributed by atoms with Crippen molar-refractivity contribution < 1.29 is 9.72 Å². The van der Waals surface area contributed by atoms with Gasteiger partial charge in [-0.15, -0.1) is 0 Å². The number of hydrogen-bond donors (Lipinski definition) is 1. The third-order valence-electron chi connectivity index (χ3n) is 1.57. The fourth-order valence-electron chi connectivity index (χ4n) is 0.967. The summed E-state index contributed by atoms with van der Waals surface area (Å²) in [6.07, 6.45) is 1.75. The topological polar surface area (TPSA) is 85.1 Å². The number of pyridine rings is 1. The average molecular weight is 262 g/mol. The minimum Gasteiger partial charge on any atom is -0.304 e. The van der Waals surface area contributed by atoms with Crippen molar-refractivity contribution in [1.82, 2.24) is 4.98 Å². The quantitative estimate of drug-likeness (QED) is 0.509. The van der Waals surface area contributed by atoms with Crippen LogP contribution in [0.5, 0.6) is 0 Å². The highest BCUT2D eigenvalue weighted by molar-refractivity contribution is 7.99. The van der Waals surface area contributed by atoms with Crippen molar-refractivity contribution in [3.8, 4) is 0 Å². The molecule has 86 valence electrons. The van der Waals surface area contributed by atoms with Crippen LogP contribution < -0.4 is 5.32 Å². The van der Waals surface area contributed by atoms with Crippen LogP contribution in [-0.2, 0) is 4.79 Å². The lowest BCUT2D eigenvalue weighted by Crippen LogP contribution is -2.16. The van der Waals surface area contributed by atoms with E-state index in [1.807, 2.05) is 0 Å². The number of nitrogens with zero attached hydrogens (tertiary/aromatic N) is 2. The third kappa shape index (κ3) is 3.35. The maximum atomic E-state index is 11.3. The third-order valence-corrected chi connectivity index (χ3v) is 2.33. The minimum absolute atomic E-state index is 0.0880. The second kappa shape index (κ2) is 5.66. The lowest BCUT2D eigenvalue weighted by atomic mass is 10.4. The fraction of sp³-hybridized carbons (Fsp3) is 0.250. The highest BCUT2D eigenvalue weighted by Gasteiger charge is 2.17. The standard InChI is InChI=1S/C8H8ClN3O3S/c1-16-4-7(13)11-8-5(12(14)15)2-3-6(9)10-8/h2-3H,4H2,1H3,(H,10,11,13). The van der Waals surface area contributed by atoms with Gasteiger partial charge in [0.15, 0.2) is 0 Å². The van der Waals surface area contributed by atoms with Crippen molar-refractivity contribution in [1.29, 1.82) is 0 Å². The summed E-state index contributed by atoms with van der Waals surface area (Å²) in [6, 6.07) is 2.49. The maximum Gasteiger partial charge on any atom is 0.311 e. The minimum atomic E-state index is -0.627. The number of carbonyl (C=O) groups excluding carboxylic acids is 1. The first-order chi connectivity index (χ1) is 7.54. The molecule has 0 saturated carbocycles. The summed E-state index contributed by atoms with van der Waals surface area (Å²) in [7, 11) is 0. The van der Waals surface area contributed by atoms with Crippen molar-refractivity contribution in [2.75, 3.05) is 17.3 Å². The molecule has 0 aliphatic carbocycles. The Balaban J connectivity index is 2.96. The average Bonchev–Trinajstić information content (AvgIpc) is 2.17. The molecule has 0 atom stereocenters. The first-order valence-electron chi connectivity index (χ1n) is 4.14. The van der Waals surface area contributed by atoms with E-state index >= 15 is 0 Å². The number of halogens is 1. The van der Waals surface area contributed by atoms with Gasteiger partial charge in [-0.05, 0) is 12.3 Å². The largest absolute Gasteiger partial charge is 0.311 e. The molecule has 0 saturated heterocycles. The number of anilines is 1. The number of rotatable bonds is 4. The Hall–Kier alpha value is -1.34. The van der Waals surface area contributed by atoms with Crippen LogP contribution in [0, 0.1) is 10.1 Å². The second-order valence-corrected chi connectivity index (χ2v) is 3.99. The van der Waals surface area contributed by atoms with E-state index < -0.39 is 4.92 Å². The van der Waals surface area contributed by atoms with E-state index in [9.17, 15) is 14.9 Å². The summed E-state index contributed by atoms with van der Waals surface area (Å²) < 4.78 is 0. The first kappa shape index (κ1) is 12.7. The number of amides is 1. The van der Waals surface area contributed by atoms with Gasteiger partial charge in [0.1, 0.15) is 5.15 Å². The summed E-state index contributed by atoms with van der Waals surface area (Å²) in [6.45, 7) is 0. The van der Waals surface area contributed by atoms with E-state index in [-0.39, 0.29) is 28.3 Å². The van der Waals surface area contributed by atoms with Gasteiger partial charge in [0.2, 0.25) is 11.7 Å². The summed E-state index contributed by atoms with van der Waals surface area (Å²) in [5, 5.41) is 13.1. The van der Waals surface area contributed by atoms with Crippen LogP contribution in [0.4, 0.5) is 11.5 Å². The molecule has 0 radical (unpaired) electrons. The van der Waals surface area contributed by atoms with Crippen LogP contribution in [0.1, 0.15) is 0 Å². The molecule has 0 aliphatic heterocycles. The van der Waals surface area contributed by atoms with Crippen LogP contribution in [0.25, 0.3) is 0 Å². The van der Waals surface area contributed by atoms with Gasteiger partial charge in [-0.25, -0.2) is 4.98 Å². The van der Waals surface area contributed by atoms with E-state index in [0.717, 1.165) is 0 Å². The molecule has 6 nitrogen and oxygen atoms in total. The number of thioether (sulfide) groups is 1. The van der Waals surface area contributed by atoms with E-state index in [1.54, 1.807) is 6.26 Å². The van der Waals surface area contributed by atoms with E-state index in [4.69, 9.17) is 11.6 Å². The number of nitrogens with one attached hydrogen (secondary N) is 1. The highest BCUT2D eigenvalue weighted by Crippen LogP contribution is 2.23. The fourth-order valence-corrected chi connectivity index (χ4v) is 1.45. The summed E-state index contributed by atoms with van der Waals surface area (Å²) >= 11 is 6.90. The Bertz CT molecular complexity index is 427. The van der Waals surface area contributed by atoms with Crippen molar-refractivity contribution >= 4 is 40.8 Å². The molecule has 0 spiro atoms. The van der Waals surface area contributed by atoms with Gasteiger partial charge in [-0.1, -0.05) is 11.6 Å². The monoisotopic (exact) mass is 261 g/mol. The van der Waals surface area contributed by atoms with Crippen LogP contribution in [0.2, 0.25) is 5.15 Å². The number of carbonyl (C=O) groups is 1. The van der Waals surface area contributed by atoms with E-state index in [1.165, 1.54) is 23.9 Å². The van der Waals surface area contributed by atoms with Crippen LogP contribution in [0.15, 0.2) is 12.1 Å². The molecule has 0 bridgehead atoms. The number of nitro groups is 1. The molecule has 0 aliphatic rings. The lowest BCUT2D eigenvalue weighted by molar-refractivity contribution is -0.384. The summed E-state index contributed by atoms with van der Waals surface area (Å²) in [5.41, 5.74) is -0.279. The van der Waals surface area contributed by atoms with Gasteiger partial charge in [0.25, 0.3) is 0 Å². The SMILES string of the molecule is CSCC(=O)Nc1nc(Cl)ccc1[N+](=O)[O-]. The van der Waals surface area contributed by atoms with Gasteiger partial charge in [-0.3, -0.25) is 14.9 Å². The normalized spacial score (nSPS) is 9.88. The molecule has 0 unspecified atom stereocenters. The molecule has 8 heteroatoms. The van der Waals surface area contributed by atoms with Gasteiger partial charge >= 0.3 is 5.69 Å². The van der Waals surface area contributed by atoms with Crippen LogP contribution in [-0.4, -0.2) is 27.8 Å². The molecule has 1 aromatic heterocycles. The smallest absolute Gasteiger partial charge is 0.304 e. The van der Waals surface area contributed by atoms with Crippen LogP contribution in [0.3, 0.4) is 0 Å². The van der Waals surface area contributed by atoms with Crippen molar-refractivity contribution in [3.63, 3.8) is 0 Å². The van der Waals surface area contributed by atoms with E-state index in [2.05, 4.69) is 10.3 Å². The number of hydrogen-bond acceptors (Lipinski definition) is 5. The predicted octanol–water partition coefficient (Wildman–Crippen LogP) is 1.94. The second-order valence-electron chi connectivity index (χ2n) is 2.74.